The Bertz CT molecular complexity index is 1110. The third-order valence-corrected chi connectivity index (χ3v) is 7.01. The predicted molar refractivity (Wildman–Crippen MR) is 119 cm³/mol. The van der Waals surface area contributed by atoms with Gasteiger partial charge in [-0.2, -0.15) is 0 Å². The SMILES string of the molecule is O=C(c1ccc(N2CCC[C@@H]2c2nc3ccccc3s2)c([N+](=O)[O-])c1)N1CCOCC1. The van der Waals surface area contributed by atoms with E-state index in [-0.39, 0.29) is 22.6 Å². The van der Waals surface area contributed by atoms with Gasteiger partial charge in [-0.15, -0.1) is 11.3 Å². The van der Waals surface area contributed by atoms with Gasteiger partial charge in [-0.3, -0.25) is 14.9 Å². The zero-order valence-electron chi connectivity index (χ0n) is 16.9. The van der Waals surface area contributed by atoms with Gasteiger partial charge in [0.05, 0.1) is 34.4 Å². The second-order valence-corrected chi connectivity index (χ2v) is 8.80. The molecule has 3 heterocycles. The molecule has 5 rings (SSSR count). The highest BCUT2D eigenvalue weighted by Gasteiger charge is 2.33. The summed E-state index contributed by atoms with van der Waals surface area (Å²) in [6.07, 6.45) is 1.83. The minimum atomic E-state index is -0.390. The Morgan fingerprint density at radius 3 is 2.74 bits per heavy atom. The lowest BCUT2D eigenvalue weighted by Crippen LogP contribution is -2.40. The Labute approximate surface area is 183 Å². The number of thiazole rings is 1. The Hall–Kier alpha value is -3.04. The highest BCUT2D eigenvalue weighted by molar-refractivity contribution is 7.18. The molecule has 0 bridgehead atoms. The van der Waals surface area contributed by atoms with E-state index in [1.54, 1.807) is 28.4 Å². The van der Waals surface area contributed by atoms with Crippen LogP contribution >= 0.6 is 11.3 Å². The Morgan fingerprint density at radius 2 is 1.97 bits per heavy atom. The Balaban J connectivity index is 1.48. The van der Waals surface area contributed by atoms with Crippen molar-refractivity contribution in [2.75, 3.05) is 37.7 Å². The summed E-state index contributed by atoms with van der Waals surface area (Å²) in [6, 6.07) is 12.8. The zero-order valence-corrected chi connectivity index (χ0v) is 17.7. The number of para-hydroxylation sites is 1. The first-order chi connectivity index (χ1) is 15.1. The maximum Gasteiger partial charge on any atom is 0.293 e. The van der Waals surface area contributed by atoms with Crippen molar-refractivity contribution in [2.45, 2.75) is 18.9 Å². The summed E-state index contributed by atoms with van der Waals surface area (Å²) in [7, 11) is 0. The van der Waals surface area contributed by atoms with E-state index in [1.807, 2.05) is 24.3 Å². The highest BCUT2D eigenvalue weighted by atomic mass is 32.1. The van der Waals surface area contributed by atoms with Crippen molar-refractivity contribution in [1.29, 1.82) is 0 Å². The molecule has 31 heavy (non-hydrogen) atoms. The molecule has 9 heteroatoms. The quantitative estimate of drug-likeness (QED) is 0.452. The van der Waals surface area contributed by atoms with Gasteiger partial charge in [0.1, 0.15) is 10.7 Å². The molecule has 2 aromatic carbocycles. The van der Waals surface area contributed by atoms with Crippen LogP contribution in [-0.4, -0.2) is 53.6 Å². The summed E-state index contributed by atoms with van der Waals surface area (Å²) in [5, 5.41) is 12.9. The van der Waals surface area contributed by atoms with E-state index in [1.165, 1.54) is 6.07 Å². The van der Waals surface area contributed by atoms with Gasteiger partial charge in [-0.25, -0.2) is 4.98 Å². The number of anilines is 1. The van der Waals surface area contributed by atoms with Gasteiger partial charge in [-0.1, -0.05) is 12.1 Å². The summed E-state index contributed by atoms with van der Waals surface area (Å²) < 4.78 is 6.41. The fraction of sp³-hybridized carbons (Fsp3) is 0.364. The second kappa shape index (κ2) is 8.24. The molecule has 2 saturated heterocycles. The van der Waals surface area contributed by atoms with Crippen molar-refractivity contribution in [3.8, 4) is 0 Å². The molecule has 8 nitrogen and oxygen atoms in total. The van der Waals surface area contributed by atoms with E-state index in [2.05, 4.69) is 4.90 Å². The molecule has 0 spiro atoms. The largest absolute Gasteiger partial charge is 0.378 e. The van der Waals surface area contributed by atoms with Crippen LogP contribution in [0.1, 0.15) is 34.2 Å². The molecule has 1 aromatic heterocycles. The molecule has 0 unspecified atom stereocenters. The van der Waals surface area contributed by atoms with Crippen molar-refractivity contribution in [3.63, 3.8) is 0 Å². The third-order valence-electron chi connectivity index (χ3n) is 5.88. The summed E-state index contributed by atoms with van der Waals surface area (Å²) >= 11 is 1.64. The number of carbonyl (C=O) groups is 1. The second-order valence-electron chi connectivity index (χ2n) is 7.74. The lowest BCUT2D eigenvalue weighted by atomic mass is 10.1. The number of carbonyl (C=O) groups excluding carboxylic acids is 1. The molecule has 1 amide bonds. The number of hydrogen-bond acceptors (Lipinski definition) is 7. The van der Waals surface area contributed by atoms with Gasteiger partial charge in [0.15, 0.2) is 0 Å². The van der Waals surface area contributed by atoms with E-state index in [9.17, 15) is 14.9 Å². The summed E-state index contributed by atoms with van der Waals surface area (Å²) in [6.45, 7) is 2.70. The number of rotatable bonds is 4. The average Bonchev–Trinajstić information content (AvgIpc) is 3.45. The number of benzene rings is 2. The van der Waals surface area contributed by atoms with Gasteiger partial charge in [0, 0.05) is 31.3 Å². The van der Waals surface area contributed by atoms with Gasteiger partial charge in [-0.05, 0) is 37.1 Å². The van der Waals surface area contributed by atoms with Crippen LogP contribution in [-0.2, 0) is 4.74 Å². The first kappa shape index (κ1) is 19.9. The minimum absolute atomic E-state index is 0.00288. The molecular weight excluding hydrogens is 416 g/mol. The molecule has 2 aliphatic heterocycles. The van der Waals surface area contributed by atoms with Gasteiger partial charge in [0.25, 0.3) is 11.6 Å². The van der Waals surface area contributed by atoms with Crippen LogP contribution in [0.5, 0.6) is 0 Å². The molecule has 0 aliphatic carbocycles. The smallest absolute Gasteiger partial charge is 0.293 e. The molecule has 0 N–H and O–H groups in total. The molecular formula is C22H22N4O4S. The van der Waals surface area contributed by atoms with Crippen molar-refractivity contribution >= 4 is 38.8 Å². The number of nitrogens with zero attached hydrogens (tertiary/aromatic N) is 4. The van der Waals surface area contributed by atoms with E-state index >= 15 is 0 Å². The first-order valence-electron chi connectivity index (χ1n) is 10.4. The van der Waals surface area contributed by atoms with E-state index in [4.69, 9.17) is 9.72 Å². The molecule has 0 saturated carbocycles. The standard InChI is InChI=1S/C22H22N4O4S/c27-22(24-10-12-30-13-11-24)15-7-8-17(19(14-15)26(28)29)25-9-3-5-18(25)21-23-16-4-1-2-6-20(16)31-21/h1-2,4,6-8,14,18H,3,5,9-13H2/t18-/m1/s1. The summed E-state index contributed by atoms with van der Waals surface area (Å²) in [4.78, 5) is 32.9. The number of aromatic nitrogens is 1. The van der Waals surface area contributed by atoms with Crippen LogP contribution < -0.4 is 4.90 Å². The van der Waals surface area contributed by atoms with Crippen LogP contribution in [0.2, 0.25) is 0 Å². The number of nitro benzene ring substituents is 1. The van der Waals surface area contributed by atoms with Crippen LogP contribution in [0.15, 0.2) is 42.5 Å². The molecule has 160 valence electrons. The van der Waals surface area contributed by atoms with Crippen molar-refractivity contribution in [3.05, 3.63) is 63.1 Å². The number of nitro groups is 1. The Morgan fingerprint density at radius 1 is 1.16 bits per heavy atom. The number of morpholine rings is 1. The van der Waals surface area contributed by atoms with Crippen LogP contribution in [0.3, 0.4) is 0 Å². The van der Waals surface area contributed by atoms with Crippen molar-refractivity contribution < 1.29 is 14.5 Å². The van der Waals surface area contributed by atoms with Crippen LogP contribution in [0.25, 0.3) is 10.2 Å². The maximum absolute atomic E-state index is 12.8. The topological polar surface area (TPSA) is 88.8 Å². The van der Waals surface area contributed by atoms with Gasteiger partial charge in [0.2, 0.25) is 0 Å². The van der Waals surface area contributed by atoms with Crippen LogP contribution in [0, 0.1) is 10.1 Å². The number of amides is 1. The monoisotopic (exact) mass is 438 g/mol. The normalized spacial score (nSPS) is 19.2. The number of hydrogen-bond donors (Lipinski definition) is 0. The lowest BCUT2D eigenvalue weighted by molar-refractivity contribution is -0.384. The summed E-state index contributed by atoms with van der Waals surface area (Å²) in [5.74, 6) is -0.193. The molecule has 3 aromatic rings. The van der Waals surface area contributed by atoms with Gasteiger partial charge >= 0.3 is 0 Å². The van der Waals surface area contributed by atoms with Crippen LogP contribution in [0.4, 0.5) is 11.4 Å². The third kappa shape index (κ3) is 3.75. The maximum atomic E-state index is 12.8. The van der Waals surface area contributed by atoms with Crippen molar-refractivity contribution in [2.24, 2.45) is 0 Å². The number of fused-ring (bicyclic) bond motifs is 1. The molecule has 0 radical (unpaired) electrons. The summed E-state index contributed by atoms with van der Waals surface area (Å²) in [5.41, 5.74) is 1.81. The average molecular weight is 439 g/mol. The van der Waals surface area contributed by atoms with E-state index in [0.29, 0.717) is 37.6 Å². The number of ether oxygens (including phenoxy) is 1. The Kier molecular flexibility index (Phi) is 5.29. The predicted octanol–water partition coefficient (Wildman–Crippen LogP) is 4.02. The lowest BCUT2D eigenvalue weighted by Gasteiger charge is -2.28. The molecule has 2 aliphatic rings. The van der Waals surface area contributed by atoms with E-state index < -0.39 is 0 Å². The van der Waals surface area contributed by atoms with E-state index in [0.717, 1.165) is 34.6 Å². The van der Waals surface area contributed by atoms with Crippen molar-refractivity contribution in [1.82, 2.24) is 9.88 Å². The highest BCUT2D eigenvalue weighted by Crippen LogP contribution is 2.42. The first-order valence-corrected chi connectivity index (χ1v) is 11.2. The fourth-order valence-corrected chi connectivity index (χ4v) is 5.45. The minimum Gasteiger partial charge on any atom is -0.378 e. The molecule has 1 atom stereocenters. The van der Waals surface area contributed by atoms with Gasteiger partial charge < -0.3 is 14.5 Å². The zero-order chi connectivity index (χ0) is 21.4. The molecule has 2 fully saturated rings. The fourth-order valence-electron chi connectivity index (χ4n) is 4.34.